The van der Waals surface area contributed by atoms with Crippen molar-refractivity contribution in [3.05, 3.63) is 78.5 Å². The van der Waals surface area contributed by atoms with Crippen molar-refractivity contribution in [3.8, 4) is 22.3 Å². The summed E-state index contributed by atoms with van der Waals surface area (Å²) < 4.78 is 8.68. The molecule has 4 amide bonds. The van der Waals surface area contributed by atoms with Crippen LogP contribution in [0.2, 0.25) is 0 Å². The van der Waals surface area contributed by atoms with Gasteiger partial charge in [0.2, 0.25) is 11.8 Å². The van der Waals surface area contributed by atoms with E-state index in [9.17, 15) is 19.2 Å². The molecule has 3 aliphatic heterocycles. The van der Waals surface area contributed by atoms with E-state index in [1.54, 1.807) is 9.80 Å². The number of ether oxygens (including phenoxy) is 2. The molecule has 0 spiro atoms. The number of amides is 4. The fourth-order valence-electron chi connectivity index (χ4n) is 5.98. The molecule has 3 N–H and O–H groups in total. The monoisotopic (exact) mass is 801 g/mol. The van der Waals surface area contributed by atoms with E-state index >= 15 is 0 Å². The van der Waals surface area contributed by atoms with Crippen molar-refractivity contribution in [2.45, 2.75) is 87.5 Å². The van der Waals surface area contributed by atoms with Crippen LogP contribution in [0.5, 0.6) is 0 Å². The van der Waals surface area contributed by atoms with E-state index in [1.165, 1.54) is 65.8 Å². The Bertz CT molecular complexity index is 1800. The van der Waals surface area contributed by atoms with Gasteiger partial charge in [-0.3, -0.25) is 14.6 Å². The molecule has 318 valence electrons. The van der Waals surface area contributed by atoms with Crippen molar-refractivity contribution >= 4 is 46.8 Å². The average molecular weight is 801 g/mol. The van der Waals surface area contributed by atoms with Gasteiger partial charge < -0.3 is 34.9 Å². The molecule has 0 atom stereocenters. The highest BCUT2D eigenvalue weighted by atomic mass is 16.5. The van der Waals surface area contributed by atoms with Gasteiger partial charge in [0, 0.05) is 50.5 Å². The second kappa shape index (κ2) is 27.9. The van der Waals surface area contributed by atoms with Crippen molar-refractivity contribution in [1.29, 1.82) is 0 Å². The van der Waals surface area contributed by atoms with Gasteiger partial charge in [-0.2, -0.15) is 0 Å². The van der Waals surface area contributed by atoms with Crippen LogP contribution in [-0.2, 0) is 25.5 Å². The molecule has 3 aliphatic rings. The summed E-state index contributed by atoms with van der Waals surface area (Å²) in [5, 5.41) is 5.96. The Hall–Kier alpha value is -5.65. The van der Waals surface area contributed by atoms with Crippen LogP contribution in [-0.4, -0.2) is 98.5 Å². The topological polar surface area (TPSA) is 145 Å². The van der Waals surface area contributed by atoms with Crippen molar-refractivity contribution in [2.24, 2.45) is 4.99 Å². The second-order valence-corrected chi connectivity index (χ2v) is 13.5. The van der Waals surface area contributed by atoms with Gasteiger partial charge in [0.1, 0.15) is 13.1 Å². The number of hydrogen-bond acceptors (Lipinski definition) is 7. The number of rotatable bonds is 6. The molecule has 0 saturated carbocycles. The smallest absolute Gasteiger partial charge is 0.407 e. The molecule has 1 aromatic heterocycles. The number of hydrogen-bond donors (Lipinski definition) is 3. The number of alkyl carbamates (subject to hydrolysis) is 2. The van der Waals surface area contributed by atoms with Crippen LogP contribution in [0.1, 0.15) is 86.6 Å². The van der Waals surface area contributed by atoms with E-state index in [1.807, 2.05) is 12.4 Å². The molecule has 58 heavy (non-hydrogen) atoms. The van der Waals surface area contributed by atoms with Crippen LogP contribution >= 0.6 is 0 Å². The zero-order chi connectivity index (χ0) is 40.7. The summed E-state index contributed by atoms with van der Waals surface area (Å²) in [5.74, 6) is -0.0780. The highest BCUT2D eigenvalue weighted by Crippen LogP contribution is 2.31. The first-order chi connectivity index (χ1) is 27.2. The van der Waals surface area contributed by atoms with Gasteiger partial charge in [0.15, 0.2) is 0 Å². The van der Waals surface area contributed by atoms with E-state index in [4.69, 9.17) is 0 Å². The van der Waals surface area contributed by atoms with Crippen LogP contribution in [0, 0.1) is 0 Å². The third-order valence-electron chi connectivity index (χ3n) is 8.78. The zero-order valence-corrected chi connectivity index (χ0v) is 34.0. The van der Waals surface area contributed by atoms with E-state index < -0.39 is 12.2 Å². The first-order valence-corrected chi connectivity index (χ1v) is 19.7. The number of benzene rings is 3. The molecule has 7 rings (SSSR count). The molecule has 0 bridgehead atoms. The lowest BCUT2D eigenvalue weighted by atomic mass is 9.98. The number of fused-ring (bicyclic) bond motifs is 2. The quantitative estimate of drug-likeness (QED) is 0.177. The van der Waals surface area contributed by atoms with Crippen LogP contribution in [0.15, 0.2) is 77.9 Å². The second-order valence-electron chi connectivity index (χ2n) is 13.5. The number of methoxy groups -OCH3 is 2. The SMILES string of the molecule is C.C.C1=Nc2ccc(-c3ccc(-c4ccc5cc[nH]c5c4)cc3)cc2C1.CCC.CCC.COC(=O)NCC(=O)N1CCCC1.COC(=O)NCC(=O)N1CCCC1. The molecule has 4 aromatic rings. The Morgan fingerprint density at radius 2 is 1.07 bits per heavy atom. The van der Waals surface area contributed by atoms with E-state index in [0.717, 1.165) is 64.0 Å². The highest BCUT2D eigenvalue weighted by molar-refractivity contribution is 5.86. The third-order valence-corrected chi connectivity index (χ3v) is 8.78. The summed E-state index contributed by atoms with van der Waals surface area (Å²) in [5.41, 5.74) is 8.57. The Kier molecular flexibility index (Phi) is 24.2. The number of likely N-dealkylation sites (tertiary alicyclic amines) is 2. The van der Waals surface area contributed by atoms with Crippen molar-refractivity contribution < 1.29 is 28.7 Å². The molecule has 2 saturated heterocycles. The minimum absolute atomic E-state index is 0. The number of aromatic amines is 1. The lowest BCUT2D eigenvalue weighted by Crippen LogP contribution is -2.38. The largest absolute Gasteiger partial charge is 0.453 e. The van der Waals surface area contributed by atoms with Gasteiger partial charge in [-0.1, -0.05) is 97.9 Å². The Morgan fingerprint density at radius 1 is 0.638 bits per heavy atom. The number of carbonyl (C=O) groups excluding carboxylic acids is 4. The molecule has 2 fully saturated rings. The molecule has 0 aliphatic carbocycles. The van der Waals surface area contributed by atoms with Crippen LogP contribution < -0.4 is 10.6 Å². The fourth-order valence-corrected chi connectivity index (χ4v) is 5.98. The third kappa shape index (κ3) is 16.4. The predicted octanol–water partition coefficient (Wildman–Crippen LogP) is 9.79. The van der Waals surface area contributed by atoms with Gasteiger partial charge in [-0.05, 0) is 83.2 Å². The number of nitrogens with zero attached hydrogens (tertiary/aromatic N) is 3. The van der Waals surface area contributed by atoms with Crippen LogP contribution in [0.3, 0.4) is 0 Å². The molecular formula is C46H68N6O6. The number of aliphatic imine (C=N–C) groups is 1. The molecule has 4 heterocycles. The van der Waals surface area contributed by atoms with E-state index in [0.29, 0.717) is 0 Å². The van der Waals surface area contributed by atoms with Gasteiger partial charge >= 0.3 is 12.2 Å². The Morgan fingerprint density at radius 3 is 1.53 bits per heavy atom. The number of H-pyrrole nitrogens is 1. The summed E-state index contributed by atoms with van der Waals surface area (Å²) in [6.45, 7) is 11.8. The van der Waals surface area contributed by atoms with Crippen molar-refractivity contribution in [1.82, 2.24) is 25.4 Å². The fraction of sp³-hybridized carbons (Fsp3) is 0.457. The summed E-state index contributed by atoms with van der Waals surface area (Å²) in [4.78, 5) is 55.0. The summed E-state index contributed by atoms with van der Waals surface area (Å²) >= 11 is 0. The van der Waals surface area contributed by atoms with Gasteiger partial charge in [0.05, 0.1) is 19.9 Å². The van der Waals surface area contributed by atoms with Gasteiger partial charge in [-0.15, -0.1) is 0 Å². The summed E-state index contributed by atoms with van der Waals surface area (Å²) in [6, 6.07) is 24.0. The maximum atomic E-state index is 11.3. The first-order valence-electron chi connectivity index (χ1n) is 19.7. The minimum atomic E-state index is -0.562. The number of aromatic nitrogens is 1. The molecule has 0 unspecified atom stereocenters. The summed E-state index contributed by atoms with van der Waals surface area (Å²) in [6.07, 6.45) is 10.5. The molecule has 12 nitrogen and oxygen atoms in total. The van der Waals surface area contributed by atoms with Gasteiger partial charge in [-0.25, -0.2) is 9.59 Å². The van der Waals surface area contributed by atoms with Crippen molar-refractivity contribution in [2.75, 3.05) is 53.5 Å². The molecule has 0 radical (unpaired) electrons. The number of nitrogens with one attached hydrogen (secondary N) is 3. The maximum absolute atomic E-state index is 11.3. The standard InChI is InChI=1S/C22H16N2.2C8H14N2O3.2C3H8.2CH4/c1-3-16(19-6-5-17-9-11-24-22(17)14-19)4-2-15(1)18-7-8-21-20(13-18)10-12-23-21;2*1-13-8(12)9-6-7(11)10-4-2-3-5-10;2*1-3-2;;/h1-9,11-14,24H,10H2;2*2-6H2,1H3,(H,9,12);2*3H2,1-2H3;2*1H4. The highest BCUT2D eigenvalue weighted by Gasteiger charge is 2.19. The first kappa shape index (κ1) is 50.4. The maximum Gasteiger partial charge on any atom is 0.407 e. The molecule has 12 heteroatoms. The summed E-state index contributed by atoms with van der Waals surface area (Å²) in [7, 11) is 2.55. The Balaban J connectivity index is 0.000000427. The van der Waals surface area contributed by atoms with Gasteiger partial charge in [0.25, 0.3) is 0 Å². The van der Waals surface area contributed by atoms with E-state index in [2.05, 4.69) is 125 Å². The van der Waals surface area contributed by atoms with Crippen LogP contribution in [0.4, 0.5) is 15.3 Å². The van der Waals surface area contributed by atoms with E-state index in [-0.39, 0.29) is 39.8 Å². The lowest BCUT2D eigenvalue weighted by molar-refractivity contribution is -0.129. The lowest BCUT2D eigenvalue weighted by Gasteiger charge is -2.14. The van der Waals surface area contributed by atoms with Crippen LogP contribution in [0.25, 0.3) is 33.2 Å². The minimum Gasteiger partial charge on any atom is -0.453 e. The average Bonchev–Trinajstić information content (AvgIpc) is 4.07. The molecule has 3 aromatic carbocycles. The predicted molar refractivity (Wildman–Crippen MR) is 239 cm³/mol. The Labute approximate surface area is 346 Å². The normalized spacial score (nSPS) is 12.9. The zero-order valence-electron chi connectivity index (χ0n) is 34.0. The molecular weight excluding hydrogens is 733 g/mol. The number of carbonyl (C=O) groups is 4. The van der Waals surface area contributed by atoms with Crippen molar-refractivity contribution in [3.63, 3.8) is 0 Å².